The highest BCUT2D eigenvalue weighted by molar-refractivity contribution is 6.16. The number of fused-ring (bicyclic) bond motifs is 13. The monoisotopic (exact) mass is 651 g/mol. The molecule has 0 bridgehead atoms. The van der Waals surface area contributed by atoms with Crippen LogP contribution in [0.15, 0.2) is 156 Å². The maximum Gasteiger partial charge on any atom is 0.166 e. The Morgan fingerprint density at radius 1 is 0.451 bits per heavy atom. The van der Waals surface area contributed by atoms with E-state index in [1.165, 1.54) is 16.2 Å². The first-order valence-electron chi connectivity index (χ1n) is 17.1. The summed E-state index contributed by atoms with van der Waals surface area (Å²) < 4.78 is 11.2. The summed E-state index contributed by atoms with van der Waals surface area (Å²) in [4.78, 5) is 15.9. The predicted octanol–water partition coefficient (Wildman–Crippen LogP) is 11.4. The molecule has 5 aromatic heterocycles. The molecule has 0 spiro atoms. The smallest absolute Gasteiger partial charge is 0.166 e. The van der Waals surface area contributed by atoms with E-state index in [4.69, 9.17) is 19.4 Å². The second-order valence-electron chi connectivity index (χ2n) is 13.3. The number of pyridine rings is 1. The van der Waals surface area contributed by atoms with Crippen molar-refractivity contribution in [1.82, 2.24) is 23.9 Å². The maximum absolute atomic E-state index is 6.62. The number of imidazole rings is 1. The number of hydrogen-bond donors (Lipinski definition) is 0. The first kappa shape index (κ1) is 26.9. The average molecular weight is 652 g/mol. The van der Waals surface area contributed by atoms with Gasteiger partial charge in [-0.2, -0.15) is 0 Å². The minimum atomic E-state index is 0.729. The zero-order valence-corrected chi connectivity index (χ0v) is 27.1. The molecule has 5 heterocycles. The van der Waals surface area contributed by atoms with Crippen molar-refractivity contribution in [2.24, 2.45) is 0 Å². The van der Waals surface area contributed by atoms with Crippen LogP contribution in [-0.4, -0.2) is 23.9 Å². The molecule has 0 N–H and O–H groups in total. The Labute approximate surface area is 289 Å². The van der Waals surface area contributed by atoms with Gasteiger partial charge in [-0.3, -0.25) is 8.97 Å². The van der Waals surface area contributed by atoms with Crippen molar-refractivity contribution in [3.8, 4) is 17.1 Å². The Bertz CT molecular complexity index is 3440. The molecular formula is C45H25N5O. The van der Waals surface area contributed by atoms with Crippen molar-refractivity contribution in [2.45, 2.75) is 0 Å². The van der Waals surface area contributed by atoms with Gasteiger partial charge in [0, 0.05) is 27.1 Å². The molecule has 0 radical (unpaired) electrons. The zero-order valence-electron chi connectivity index (χ0n) is 27.1. The summed E-state index contributed by atoms with van der Waals surface area (Å²) in [7, 11) is 0. The molecule has 0 atom stereocenters. The molecule has 0 aliphatic heterocycles. The van der Waals surface area contributed by atoms with E-state index in [1.54, 1.807) is 0 Å². The van der Waals surface area contributed by atoms with Crippen LogP contribution in [0.1, 0.15) is 0 Å². The third-order valence-electron chi connectivity index (χ3n) is 10.4. The van der Waals surface area contributed by atoms with Gasteiger partial charge in [-0.05, 0) is 94.3 Å². The summed E-state index contributed by atoms with van der Waals surface area (Å²) in [5.74, 6) is 0.729. The Balaban J connectivity index is 1.31. The second-order valence-corrected chi connectivity index (χ2v) is 13.3. The molecule has 236 valence electrons. The van der Waals surface area contributed by atoms with Crippen LogP contribution < -0.4 is 0 Å². The van der Waals surface area contributed by atoms with Crippen LogP contribution in [0.25, 0.3) is 110 Å². The fourth-order valence-corrected chi connectivity index (χ4v) is 8.13. The number of hydrogen-bond acceptors (Lipinski definition) is 4. The van der Waals surface area contributed by atoms with Gasteiger partial charge in [0.25, 0.3) is 0 Å². The van der Waals surface area contributed by atoms with Gasteiger partial charge in [-0.1, -0.05) is 78.9 Å². The quantitative estimate of drug-likeness (QED) is 0.175. The summed E-state index contributed by atoms with van der Waals surface area (Å²) in [6.07, 6.45) is 0. The summed E-state index contributed by atoms with van der Waals surface area (Å²) in [6.45, 7) is 0. The summed E-state index contributed by atoms with van der Waals surface area (Å²) in [5.41, 5.74) is 9.79. The molecule has 0 fully saturated rings. The van der Waals surface area contributed by atoms with Crippen LogP contribution in [0.2, 0.25) is 0 Å². The Kier molecular flexibility index (Phi) is 5.14. The number of furan rings is 1. The van der Waals surface area contributed by atoms with E-state index < -0.39 is 0 Å². The van der Waals surface area contributed by atoms with E-state index in [1.807, 2.05) is 42.5 Å². The number of aromatic nitrogens is 5. The third-order valence-corrected chi connectivity index (χ3v) is 10.4. The SMILES string of the molecule is c1ccc2cc3cc4c(cc3cc2c1)c1ccc2nc3ccccc3n2c1n4-c1nc2ccccc2nc1-c1cccc2c1oc1ccccc12. The topological polar surface area (TPSA) is 61.2 Å². The van der Waals surface area contributed by atoms with Gasteiger partial charge in [-0.25, -0.2) is 15.0 Å². The van der Waals surface area contributed by atoms with Crippen LogP contribution in [0.4, 0.5) is 0 Å². The van der Waals surface area contributed by atoms with E-state index in [9.17, 15) is 0 Å². The molecule has 12 aromatic rings. The second kappa shape index (κ2) is 9.77. The van der Waals surface area contributed by atoms with Crippen LogP contribution in [-0.2, 0) is 0 Å². The molecule has 0 amide bonds. The lowest BCUT2D eigenvalue weighted by Gasteiger charge is -2.15. The van der Waals surface area contributed by atoms with E-state index in [0.717, 1.165) is 94.1 Å². The highest BCUT2D eigenvalue weighted by atomic mass is 16.3. The van der Waals surface area contributed by atoms with Gasteiger partial charge in [0.1, 0.15) is 28.2 Å². The fourth-order valence-electron chi connectivity index (χ4n) is 8.13. The van der Waals surface area contributed by atoms with Crippen molar-refractivity contribution in [2.75, 3.05) is 0 Å². The molecule has 51 heavy (non-hydrogen) atoms. The van der Waals surface area contributed by atoms with Crippen molar-refractivity contribution in [1.29, 1.82) is 0 Å². The van der Waals surface area contributed by atoms with E-state index >= 15 is 0 Å². The molecule has 6 heteroatoms. The van der Waals surface area contributed by atoms with E-state index in [-0.39, 0.29) is 0 Å². The Morgan fingerprint density at radius 3 is 2.02 bits per heavy atom. The predicted molar refractivity (Wildman–Crippen MR) is 208 cm³/mol. The highest BCUT2D eigenvalue weighted by Crippen LogP contribution is 2.42. The standard InChI is InChI=1S/C45H25N5O/c1-2-11-27-23-29-25-39-34(24-28(29)22-26(27)10-1)32-20-21-41-46-37-17-6-7-18-38(37)49(41)45(32)50(39)44-42(47-35-15-4-5-16-36(35)48-44)33-14-9-13-31-30-12-3-8-19-40(30)51-43(31)33/h1-25H. The number of para-hydroxylation sites is 6. The van der Waals surface area contributed by atoms with Gasteiger partial charge in [0.2, 0.25) is 0 Å². The largest absolute Gasteiger partial charge is 0.455 e. The molecule has 0 aliphatic rings. The fraction of sp³-hybridized carbons (Fsp3) is 0. The normalized spacial score (nSPS) is 12.3. The van der Waals surface area contributed by atoms with Gasteiger partial charge in [-0.15, -0.1) is 0 Å². The van der Waals surface area contributed by atoms with E-state index in [2.05, 4.69) is 118 Å². The van der Waals surface area contributed by atoms with Crippen molar-refractivity contribution < 1.29 is 4.42 Å². The molecule has 0 unspecified atom stereocenters. The number of nitrogens with zero attached hydrogens (tertiary/aromatic N) is 5. The van der Waals surface area contributed by atoms with Crippen LogP contribution in [0.5, 0.6) is 0 Å². The lowest BCUT2D eigenvalue weighted by Crippen LogP contribution is -2.06. The summed E-state index contributed by atoms with van der Waals surface area (Å²) in [6, 6.07) is 53.0. The van der Waals surface area contributed by atoms with Crippen molar-refractivity contribution in [3.05, 3.63) is 152 Å². The number of benzene rings is 7. The lowest BCUT2D eigenvalue weighted by atomic mass is 10.0. The van der Waals surface area contributed by atoms with Crippen LogP contribution >= 0.6 is 0 Å². The van der Waals surface area contributed by atoms with Gasteiger partial charge in [0.15, 0.2) is 5.82 Å². The minimum absolute atomic E-state index is 0.729. The molecule has 12 rings (SSSR count). The van der Waals surface area contributed by atoms with Crippen LogP contribution in [0.3, 0.4) is 0 Å². The van der Waals surface area contributed by atoms with Gasteiger partial charge in [0.05, 0.1) is 27.6 Å². The van der Waals surface area contributed by atoms with Gasteiger partial charge >= 0.3 is 0 Å². The van der Waals surface area contributed by atoms with Gasteiger partial charge < -0.3 is 4.42 Å². The molecule has 0 aliphatic carbocycles. The van der Waals surface area contributed by atoms with Crippen LogP contribution in [0, 0.1) is 0 Å². The molecule has 7 aromatic carbocycles. The highest BCUT2D eigenvalue weighted by Gasteiger charge is 2.25. The first-order valence-corrected chi connectivity index (χ1v) is 17.1. The summed E-state index contributed by atoms with van der Waals surface area (Å²) in [5, 5.41) is 9.14. The molecule has 6 nitrogen and oxygen atoms in total. The third kappa shape index (κ3) is 3.68. The van der Waals surface area contributed by atoms with E-state index in [0.29, 0.717) is 0 Å². The Hall–Kier alpha value is -7.05. The summed E-state index contributed by atoms with van der Waals surface area (Å²) >= 11 is 0. The maximum atomic E-state index is 6.62. The first-order chi connectivity index (χ1) is 25.3. The van der Waals surface area contributed by atoms with Crippen molar-refractivity contribution >= 4 is 93.1 Å². The lowest BCUT2D eigenvalue weighted by molar-refractivity contribution is 0.669. The molecule has 0 saturated heterocycles. The number of rotatable bonds is 2. The van der Waals surface area contributed by atoms with Crippen molar-refractivity contribution in [3.63, 3.8) is 0 Å². The molecular weight excluding hydrogens is 627 g/mol. The molecule has 0 saturated carbocycles. The minimum Gasteiger partial charge on any atom is -0.455 e. The average Bonchev–Trinajstić information content (AvgIpc) is 3.85. The zero-order chi connectivity index (χ0) is 33.2. The Morgan fingerprint density at radius 2 is 1.16 bits per heavy atom.